The minimum atomic E-state index is -0.578. The summed E-state index contributed by atoms with van der Waals surface area (Å²) in [6, 6.07) is 4.22. The zero-order valence-electron chi connectivity index (χ0n) is 8.35. The Kier molecular flexibility index (Phi) is 4.28. The topological polar surface area (TPSA) is 72.6 Å². The predicted molar refractivity (Wildman–Crippen MR) is 59.5 cm³/mol. The van der Waals surface area contributed by atoms with Crippen molar-refractivity contribution in [1.29, 1.82) is 0 Å². The van der Waals surface area contributed by atoms with Crippen LogP contribution in [0.1, 0.15) is 5.56 Å². The normalized spacial score (nSPS) is 9.88. The predicted octanol–water partition coefficient (Wildman–Crippen LogP) is 2.22. The van der Waals surface area contributed by atoms with Gasteiger partial charge >= 0.3 is 5.69 Å². The average Bonchev–Trinajstić information content (AvgIpc) is 2.25. The van der Waals surface area contributed by atoms with Gasteiger partial charge in [0.05, 0.1) is 11.5 Å². The SMILES string of the molecule is C=C(Cl)COc1ccc(CO)cc1[N+](=O)[O-]. The van der Waals surface area contributed by atoms with E-state index in [1.165, 1.54) is 12.1 Å². The van der Waals surface area contributed by atoms with Crippen LogP contribution in [0.2, 0.25) is 0 Å². The third-order valence-corrected chi connectivity index (χ3v) is 1.90. The molecule has 16 heavy (non-hydrogen) atoms. The van der Waals surface area contributed by atoms with Crippen LogP contribution in [-0.4, -0.2) is 16.6 Å². The fraction of sp³-hybridized carbons (Fsp3) is 0.200. The Morgan fingerprint density at radius 1 is 1.62 bits per heavy atom. The van der Waals surface area contributed by atoms with E-state index in [9.17, 15) is 10.1 Å². The number of nitrogens with zero attached hydrogens (tertiary/aromatic N) is 1. The quantitative estimate of drug-likeness (QED) is 0.636. The third kappa shape index (κ3) is 3.22. The number of aliphatic hydroxyl groups is 1. The number of ether oxygens (including phenoxy) is 1. The van der Waals surface area contributed by atoms with Gasteiger partial charge in [0.2, 0.25) is 0 Å². The van der Waals surface area contributed by atoms with Crippen LogP contribution < -0.4 is 4.74 Å². The van der Waals surface area contributed by atoms with Gasteiger partial charge in [-0.1, -0.05) is 24.2 Å². The number of hydrogen-bond acceptors (Lipinski definition) is 4. The highest BCUT2D eigenvalue weighted by atomic mass is 35.5. The highest BCUT2D eigenvalue weighted by Crippen LogP contribution is 2.28. The Hall–Kier alpha value is -1.59. The van der Waals surface area contributed by atoms with Crippen molar-refractivity contribution in [3.05, 3.63) is 45.5 Å². The second kappa shape index (κ2) is 5.48. The minimum Gasteiger partial charge on any atom is -0.481 e. The van der Waals surface area contributed by atoms with Gasteiger partial charge in [-0.15, -0.1) is 0 Å². The molecule has 0 heterocycles. The largest absolute Gasteiger partial charge is 0.481 e. The molecule has 1 rings (SSSR count). The van der Waals surface area contributed by atoms with Crippen LogP contribution in [0, 0.1) is 10.1 Å². The molecule has 6 heteroatoms. The zero-order valence-corrected chi connectivity index (χ0v) is 9.11. The van der Waals surface area contributed by atoms with Gasteiger partial charge in [-0.05, 0) is 11.6 Å². The van der Waals surface area contributed by atoms with E-state index in [-0.39, 0.29) is 29.7 Å². The number of nitro groups is 1. The molecule has 0 unspecified atom stereocenters. The van der Waals surface area contributed by atoms with Gasteiger partial charge in [0.15, 0.2) is 5.75 Å². The molecule has 0 fully saturated rings. The van der Waals surface area contributed by atoms with Gasteiger partial charge < -0.3 is 9.84 Å². The number of hydrogen-bond donors (Lipinski definition) is 1. The lowest BCUT2D eigenvalue weighted by Crippen LogP contribution is -2.01. The van der Waals surface area contributed by atoms with Crippen molar-refractivity contribution >= 4 is 17.3 Å². The van der Waals surface area contributed by atoms with Crippen LogP contribution >= 0.6 is 11.6 Å². The summed E-state index contributed by atoms with van der Waals surface area (Å²) in [6.07, 6.45) is 0. The molecule has 1 aromatic carbocycles. The van der Waals surface area contributed by atoms with Crippen LogP contribution in [0.3, 0.4) is 0 Å². The van der Waals surface area contributed by atoms with Gasteiger partial charge in [-0.2, -0.15) is 0 Å². The van der Waals surface area contributed by atoms with E-state index in [1.54, 1.807) is 6.07 Å². The summed E-state index contributed by atoms with van der Waals surface area (Å²) in [7, 11) is 0. The van der Waals surface area contributed by atoms with Gasteiger partial charge in [0, 0.05) is 11.1 Å². The maximum Gasteiger partial charge on any atom is 0.311 e. The molecule has 0 amide bonds. The van der Waals surface area contributed by atoms with E-state index < -0.39 is 4.92 Å². The second-order valence-electron chi connectivity index (χ2n) is 3.02. The molecule has 0 atom stereocenters. The number of halogens is 1. The van der Waals surface area contributed by atoms with Gasteiger partial charge in [0.1, 0.15) is 6.61 Å². The smallest absolute Gasteiger partial charge is 0.311 e. The Morgan fingerprint density at radius 3 is 2.81 bits per heavy atom. The molecule has 0 saturated heterocycles. The van der Waals surface area contributed by atoms with E-state index in [1.807, 2.05) is 0 Å². The first-order valence-electron chi connectivity index (χ1n) is 4.39. The van der Waals surface area contributed by atoms with Crippen LogP contribution in [0.5, 0.6) is 5.75 Å². The van der Waals surface area contributed by atoms with Crippen LogP contribution in [0.15, 0.2) is 29.8 Å². The summed E-state index contributed by atoms with van der Waals surface area (Å²) < 4.78 is 5.10. The Bertz CT molecular complexity index is 419. The van der Waals surface area contributed by atoms with Crippen molar-refractivity contribution in [3.8, 4) is 5.75 Å². The second-order valence-corrected chi connectivity index (χ2v) is 3.56. The molecule has 1 aromatic rings. The first-order valence-corrected chi connectivity index (χ1v) is 4.76. The van der Waals surface area contributed by atoms with Gasteiger partial charge in [-0.3, -0.25) is 10.1 Å². The fourth-order valence-electron chi connectivity index (χ4n) is 1.08. The van der Waals surface area contributed by atoms with Crippen molar-refractivity contribution in [1.82, 2.24) is 0 Å². The molecule has 0 saturated carbocycles. The standard InChI is InChI=1S/C10H10ClNO4/c1-7(11)6-16-10-3-2-8(5-13)4-9(10)12(14)15/h2-4,13H,1,5-6H2. The summed E-state index contributed by atoms with van der Waals surface area (Å²) in [5, 5.41) is 19.8. The molecule has 0 spiro atoms. The van der Waals surface area contributed by atoms with Gasteiger partial charge in [-0.25, -0.2) is 0 Å². The first kappa shape index (κ1) is 12.5. The third-order valence-electron chi connectivity index (χ3n) is 1.79. The molecule has 0 aliphatic heterocycles. The van der Waals surface area contributed by atoms with E-state index in [4.69, 9.17) is 21.4 Å². The summed E-state index contributed by atoms with van der Waals surface area (Å²) in [5.41, 5.74) is 0.244. The number of rotatable bonds is 5. The minimum absolute atomic E-state index is 0.000860. The Morgan fingerprint density at radius 2 is 2.31 bits per heavy atom. The maximum absolute atomic E-state index is 10.7. The van der Waals surface area contributed by atoms with E-state index in [0.717, 1.165) is 0 Å². The molecular weight excluding hydrogens is 234 g/mol. The number of benzene rings is 1. The van der Waals surface area contributed by atoms with E-state index in [0.29, 0.717) is 5.56 Å². The number of aliphatic hydroxyl groups excluding tert-OH is 1. The van der Waals surface area contributed by atoms with Crippen molar-refractivity contribution in [2.75, 3.05) is 6.61 Å². The number of nitro benzene ring substituents is 1. The van der Waals surface area contributed by atoms with Crippen LogP contribution in [-0.2, 0) is 6.61 Å². The van der Waals surface area contributed by atoms with Crippen molar-refractivity contribution < 1.29 is 14.8 Å². The van der Waals surface area contributed by atoms with Gasteiger partial charge in [0.25, 0.3) is 0 Å². The lowest BCUT2D eigenvalue weighted by atomic mass is 10.2. The molecule has 0 radical (unpaired) electrons. The monoisotopic (exact) mass is 243 g/mol. The molecule has 0 bridgehead atoms. The van der Waals surface area contributed by atoms with E-state index in [2.05, 4.69) is 6.58 Å². The fourth-order valence-corrected chi connectivity index (χ4v) is 1.14. The van der Waals surface area contributed by atoms with Crippen molar-refractivity contribution in [2.24, 2.45) is 0 Å². The molecule has 0 aliphatic carbocycles. The van der Waals surface area contributed by atoms with Crippen molar-refractivity contribution in [3.63, 3.8) is 0 Å². The summed E-state index contributed by atoms with van der Waals surface area (Å²) in [4.78, 5) is 10.1. The molecule has 0 aromatic heterocycles. The molecule has 5 nitrogen and oxygen atoms in total. The van der Waals surface area contributed by atoms with Crippen molar-refractivity contribution in [2.45, 2.75) is 6.61 Å². The average molecular weight is 244 g/mol. The van der Waals surface area contributed by atoms with E-state index >= 15 is 0 Å². The highest BCUT2D eigenvalue weighted by Gasteiger charge is 2.15. The lowest BCUT2D eigenvalue weighted by Gasteiger charge is -2.06. The Labute approximate surface area is 97.1 Å². The maximum atomic E-state index is 10.7. The highest BCUT2D eigenvalue weighted by molar-refractivity contribution is 6.29. The molecule has 1 N–H and O–H groups in total. The molecular formula is C10H10ClNO4. The molecule has 0 aliphatic rings. The summed E-state index contributed by atoms with van der Waals surface area (Å²) in [6.45, 7) is 3.15. The van der Waals surface area contributed by atoms with Crippen LogP contribution in [0.4, 0.5) is 5.69 Å². The summed E-state index contributed by atoms with van der Waals surface area (Å²) in [5.74, 6) is 0.101. The molecule has 86 valence electrons. The first-order chi connectivity index (χ1) is 7.54. The summed E-state index contributed by atoms with van der Waals surface area (Å²) >= 11 is 5.49. The lowest BCUT2D eigenvalue weighted by molar-refractivity contribution is -0.385. The van der Waals surface area contributed by atoms with Crippen LogP contribution in [0.25, 0.3) is 0 Å². The Balaban J connectivity index is 2.98. The zero-order chi connectivity index (χ0) is 12.1.